The monoisotopic (exact) mass is 435 g/mol. The van der Waals surface area contributed by atoms with E-state index in [1.807, 2.05) is 0 Å². The molecule has 2 N–H and O–H groups in total. The maximum absolute atomic E-state index is 12.3. The summed E-state index contributed by atoms with van der Waals surface area (Å²) in [5.41, 5.74) is 0.103. The number of carbonyl (C=O) groups excluding carboxylic acids is 2. The van der Waals surface area contributed by atoms with Gasteiger partial charge in [0.1, 0.15) is 11.1 Å². The fourth-order valence-corrected chi connectivity index (χ4v) is 3.23. The van der Waals surface area contributed by atoms with Gasteiger partial charge >= 0.3 is 5.97 Å². The van der Waals surface area contributed by atoms with Gasteiger partial charge in [0, 0.05) is 0 Å². The van der Waals surface area contributed by atoms with Crippen molar-refractivity contribution in [2.24, 2.45) is 0 Å². The molecule has 1 aromatic carbocycles. The summed E-state index contributed by atoms with van der Waals surface area (Å²) in [5.74, 6) is -0.616. The van der Waals surface area contributed by atoms with Crippen molar-refractivity contribution in [2.45, 2.75) is 13.8 Å². The Morgan fingerprint density at radius 1 is 1.20 bits per heavy atom. The summed E-state index contributed by atoms with van der Waals surface area (Å²) in [4.78, 5) is 36.6. The molecule has 0 aliphatic carbocycles. The number of carbonyl (C=O) groups is 2. The number of hydrogen-bond acceptors (Lipinski definition) is 8. The summed E-state index contributed by atoms with van der Waals surface area (Å²) >= 11 is 6.07. The van der Waals surface area contributed by atoms with E-state index in [2.05, 4.69) is 15.5 Å². The van der Waals surface area contributed by atoms with E-state index in [9.17, 15) is 14.4 Å². The molecule has 0 spiro atoms. The molecule has 11 heteroatoms. The minimum Gasteiger partial charge on any atom is -0.493 e. The fraction of sp³-hybridized carbons (Fsp3) is 0.263. The second-order valence-electron chi connectivity index (χ2n) is 6.19. The Balaban J connectivity index is 1.74. The van der Waals surface area contributed by atoms with Crippen LogP contribution in [0.1, 0.15) is 21.8 Å². The molecule has 158 valence electrons. The van der Waals surface area contributed by atoms with Crippen LogP contribution in [-0.2, 0) is 9.53 Å². The third kappa shape index (κ3) is 3.94. The van der Waals surface area contributed by atoms with Crippen LogP contribution in [0.5, 0.6) is 11.5 Å². The number of anilines is 1. The van der Waals surface area contributed by atoms with Crippen LogP contribution < -0.4 is 20.3 Å². The first kappa shape index (κ1) is 21.2. The second-order valence-corrected chi connectivity index (χ2v) is 6.60. The number of nitrogens with zero attached hydrogens (tertiary/aromatic N) is 1. The smallest absolute Gasteiger partial charge is 0.338 e. The van der Waals surface area contributed by atoms with E-state index in [1.54, 1.807) is 13.8 Å². The van der Waals surface area contributed by atoms with Crippen LogP contribution >= 0.6 is 11.6 Å². The van der Waals surface area contributed by atoms with Crippen molar-refractivity contribution >= 4 is 40.1 Å². The third-order valence-electron chi connectivity index (χ3n) is 4.25. The zero-order valence-electron chi connectivity index (χ0n) is 16.5. The van der Waals surface area contributed by atoms with Gasteiger partial charge in [-0.3, -0.25) is 14.9 Å². The molecule has 0 radical (unpaired) electrons. The second kappa shape index (κ2) is 8.46. The van der Waals surface area contributed by atoms with Crippen molar-refractivity contribution in [3.63, 3.8) is 0 Å². The zero-order chi connectivity index (χ0) is 22.0. The number of ether oxygens (including phenoxy) is 3. The molecule has 30 heavy (non-hydrogen) atoms. The number of amides is 1. The van der Waals surface area contributed by atoms with E-state index in [4.69, 9.17) is 30.2 Å². The standard InChI is InChI=1S/C19H18ClN3O7/c1-8-14-9(2)30-18(15(14)17(25)23-22-8)21-13(24)7-29-19(26)10-5-11(20)16(28-4)12(6-10)27-3/h5-6H,7H2,1-4H3,(H,21,24)(H,23,25). The number of furan rings is 1. The summed E-state index contributed by atoms with van der Waals surface area (Å²) in [6.45, 7) is 2.73. The topological polar surface area (TPSA) is 133 Å². The summed E-state index contributed by atoms with van der Waals surface area (Å²) in [6.07, 6.45) is 0. The van der Waals surface area contributed by atoms with Gasteiger partial charge in [-0.2, -0.15) is 5.10 Å². The number of nitrogens with one attached hydrogen (secondary N) is 2. The van der Waals surface area contributed by atoms with Gasteiger partial charge in [-0.25, -0.2) is 9.89 Å². The van der Waals surface area contributed by atoms with Crippen LogP contribution in [0, 0.1) is 13.8 Å². The van der Waals surface area contributed by atoms with Crippen LogP contribution in [0.25, 0.3) is 10.8 Å². The maximum Gasteiger partial charge on any atom is 0.338 e. The number of fused-ring (bicyclic) bond motifs is 1. The number of methoxy groups -OCH3 is 2. The Bertz CT molecular complexity index is 1200. The number of H-pyrrole nitrogens is 1. The SMILES string of the molecule is COc1cc(C(=O)OCC(=O)Nc2oc(C)c3c(C)n[nH]c(=O)c23)cc(Cl)c1OC. The molecule has 2 aromatic heterocycles. The number of aryl methyl sites for hydroxylation is 2. The fourth-order valence-electron chi connectivity index (χ4n) is 2.94. The van der Waals surface area contributed by atoms with Crippen molar-refractivity contribution < 1.29 is 28.2 Å². The lowest BCUT2D eigenvalue weighted by Crippen LogP contribution is -2.21. The van der Waals surface area contributed by atoms with Gasteiger partial charge in [0.2, 0.25) is 5.88 Å². The summed E-state index contributed by atoms with van der Waals surface area (Å²) in [5, 5.41) is 9.45. The lowest BCUT2D eigenvalue weighted by atomic mass is 10.2. The van der Waals surface area contributed by atoms with Gasteiger partial charge in [0.25, 0.3) is 11.5 Å². The molecular formula is C19H18ClN3O7. The molecule has 0 bridgehead atoms. The molecule has 10 nitrogen and oxygen atoms in total. The highest BCUT2D eigenvalue weighted by atomic mass is 35.5. The molecule has 3 aromatic rings. The lowest BCUT2D eigenvalue weighted by molar-refractivity contribution is -0.119. The van der Waals surface area contributed by atoms with E-state index in [0.29, 0.717) is 16.8 Å². The number of esters is 1. The highest BCUT2D eigenvalue weighted by Gasteiger charge is 2.20. The molecule has 3 rings (SSSR count). The summed E-state index contributed by atoms with van der Waals surface area (Å²) in [7, 11) is 2.81. The summed E-state index contributed by atoms with van der Waals surface area (Å²) in [6, 6.07) is 2.71. The van der Waals surface area contributed by atoms with Gasteiger partial charge in [-0.05, 0) is 26.0 Å². The Hall–Kier alpha value is -3.53. The van der Waals surface area contributed by atoms with Gasteiger partial charge in [-0.15, -0.1) is 0 Å². The lowest BCUT2D eigenvalue weighted by Gasteiger charge is -2.11. The third-order valence-corrected chi connectivity index (χ3v) is 4.54. The largest absolute Gasteiger partial charge is 0.493 e. The van der Waals surface area contributed by atoms with E-state index in [-0.39, 0.29) is 33.4 Å². The first-order chi connectivity index (χ1) is 14.3. The number of hydrogen-bond donors (Lipinski definition) is 2. The van der Waals surface area contributed by atoms with Gasteiger partial charge in [0.15, 0.2) is 18.1 Å². The summed E-state index contributed by atoms with van der Waals surface area (Å²) < 4.78 is 20.7. The molecule has 0 unspecified atom stereocenters. The molecule has 0 saturated heterocycles. The van der Waals surface area contributed by atoms with Crippen molar-refractivity contribution in [3.05, 3.63) is 44.5 Å². The van der Waals surface area contributed by atoms with Crippen molar-refractivity contribution in [2.75, 3.05) is 26.1 Å². The minimum absolute atomic E-state index is 0.0514. The number of benzene rings is 1. The molecule has 0 aliphatic heterocycles. The molecule has 0 atom stereocenters. The molecule has 0 aliphatic rings. The Labute approximate surface area is 175 Å². The highest BCUT2D eigenvalue weighted by molar-refractivity contribution is 6.32. The number of aromatic amines is 1. The zero-order valence-corrected chi connectivity index (χ0v) is 17.3. The maximum atomic E-state index is 12.3. The predicted octanol–water partition coefficient (Wildman–Crippen LogP) is 2.60. The first-order valence-corrected chi connectivity index (χ1v) is 9.01. The van der Waals surface area contributed by atoms with E-state index in [0.717, 1.165) is 0 Å². The number of aromatic nitrogens is 2. The molecule has 0 saturated carbocycles. The van der Waals surface area contributed by atoms with Gasteiger partial charge in [0.05, 0.1) is 35.9 Å². The Morgan fingerprint density at radius 2 is 1.93 bits per heavy atom. The highest BCUT2D eigenvalue weighted by Crippen LogP contribution is 2.36. The molecule has 1 amide bonds. The van der Waals surface area contributed by atoms with Crippen LogP contribution in [-0.4, -0.2) is 42.9 Å². The van der Waals surface area contributed by atoms with Crippen LogP contribution in [0.15, 0.2) is 21.3 Å². The molecule has 0 fully saturated rings. The average Bonchev–Trinajstić information content (AvgIpc) is 3.05. The average molecular weight is 436 g/mol. The quantitative estimate of drug-likeness (QED) is 0.564. The van der Waals surface area contributed by atoms with Crippen molar-refractivity contribution in [1.82, 2.24) is 10.2 Å². The molecule has 2 heterocycles. The van der Waals surface area contributed by atoms with E-state index in [1.165, 1.54) is 26.4 Å². The van der Waals surface area contributed by atoms with Crippen LogP contribution in [0.3, 0.4) is 0 Å². The van der Waals surface area contributed by atoms with Crippen molar-refractivity contribution in [3.8, 4) is 11.5 Å². The minimum atomic E-state index is -0.800. The van der Waals surface area contributed by atoms with Gasteiger partial charge in [-0.1, -0.05) is 11.6 Å². The van der Waals surface area contributed by atoms with E-state index >= 15 is 0 Å². The number of halogens is 1. The Kier molecular flexibility index (Phi) is 5.97. The normalized spacial score (nSPS) is 10.7. The van der Waals surface area contributed by atoms with Crippen molar-refractivity contribution in [1.29, 1.82) is 0 Å². The first-order valence-electron chi connectivity index (χ1n) is 8.63. The van der Waals surface area contributed by atoms with E-state index < -0.39 is 24.0 Å². The van der Waals surface area contributed by atoms with Crippen LogP contribution in [0.4, 0.5) is 5.88 Å². The van der Waals surface area contributed by atoms with Gasteiger partial charge < -0.3 is 18.6 Å². The molecular weight excluding hydrogens is 418 g/mol. The predicted molar refractivity (Wildman–Crippen MR) is 108 cm³/mol. The Morgan fingerprint density at radius 3 is 2.60 bits per heavy atom. The van der Waals surface area contributed by atoms with Crippen LogP contribution in [0.2, 0.25) is 5.02 Å². The number of rotatable bonds is 6.